The number of halogens is 2. The van der Waals surface area contributed by atoms with Crippen molar-refractivity contribution in [3.8, 4) is 0 Å². The van der Waals surface area contributed by atoms with Gasteiger partial charge in [-0.1, -0.05) is 13.8 Å². The van der Waals surface area contributed by atoms with E-state index in [1.165, 1.54) is 0 Å². The molecule has 3 nitrogen and oxygen atoms in total. The summed E-state index contributed by atoms with van der Waals surface area (Å²) in [4.78, 5) is 16.0. The number of carbonyl (C=O) groups excluding carboxylic acids is 1. The highest BCUT2D eigenvalue weighted by atomic mass is 19.3. The summed E-state index contributed by atoms with van der Waals surface area (Å²) < 4.78 is 28.6. The molecule has 5 heteroatoms. The molecule has 2 aliphatic rings. The summed E-state index contributed by atoms with van der Waals surface area (Å²) in [5, 5.41) is 0. The van der Waals surface area contributed by atoms with Crippen molar-refractivity contribution >= 4 is 5.78 Å². The summed E-state index contributed by atoms with van der Waals surface area (Å²) in [5.41, 5.74) is 0. The monoisotopic (exact) mass is 302 g/mol. The number of piperidine rings is 1. The Labute approximate surface area is 126 Å². The molecule has 0 aromatic carbocycles. The predicted octanol–water partition coefficient (Wildman–Crippen LogP) is 2.65. The van der Waals surface area contributed by atoms with E-state index in [0.29, 0.717) is 19.0 Å². The maximum absolute atomic E-state index is 14.3. The Bertz CT molecular complexity index is 378. The Balaban J connectivity index is 1.87. The fourth-order valence-electron chi connectivity index (χ4n) is 3.19. The highest BCUT2D eigenvalue weighted by Crippen LogP contribution is 2.37. The number of carbonyl (C=O) groups is 1. The first-order chi connectivity index (χ1) is 9.70. The van der Waals surface area contributed by atoms with Crippen LogP contribution in [0.25, 0.3) is 0 Å². The van der Waals surface area contributed by atoms with E-state index in [0.717, 1.165) is 13.1 Å². The van der Waals surface area contributed by atoms with Gasteiger partial charge in [0.25, 0.3) is 5.92 Å². The zero-order chi connectivity index (χ0) is 15.8. The zero-order valence-corrected chi connectivity index (χ0v) is 13.6. The predicted molar refractivity (Wildman–Crippen MR) is 79.6 cm³/mol. The van der Waals surface area contributed by atoms with Crippen LogP contribution >= 0.6 is 0 Å². The van der Waals surface area contributed by atoms with Gasteiger partial charge in [0, 0.05) is 43.4 Å². The van der Waals surface area contributed by atoms with Crippen LogP contribution < -0.4 is 0 Å². The summed E-state index contributed by atoms with van der Waals surface area (Å²) in [5.74, 6) is -3.70. The second-order valence-electron chi connectivity index (χ2n) is 7.24. The van der Waals surface area contributed by atoms with Gasteiger partial charge in [-0.05, 0) is 26.8 Å². The smallest absolute Gasteiger partial charge is 0.263 e. The van der Waals surface area contributed by atoms with Crippen molar-refractivity contribution in [2.75, 3.05) is 26.2 Å². The maximum Gasteiger partial charge on any atom is 0.263 e. The first-order valence-corrected chi connectivity index (χ1v) is 8.09. The van der Waals surface area contributed by atoms with E-state index >= 15 is 0 Å². The summed E-state index contributed by atoms with van der Waals surface area (Å²) in [6, 6.07) is 0.753. The van der Waals surface area contributed by atoms with E-state index in [9.17, 15) is 13.6 Å². The topological polar surface area (TPSA) is 23.6 Å². The number of ketones is 1. The quantitative estimate of drug-likeness (QED) is 0.780. The second-order valence-corrected chi connectivity index (χ2v) is 7.24. The lowest BCUT2D eigenvalue weighted by Crippen LogP contribution is -2.65. The molecule has 0 aromatic rings. The van der Waals surface area contributed by atoms with E-state index in [1.807, 2.05) is 4.90 Å². The molecule has 1 unspecified atom stereocenters. The van der Waals surface area contributed by atoms with Crippen LogP contribution in [0.4, 0.5) is 8.78 Å². The van der Waals surface area contributed by atoms with Crippen molar-refractivity contribution in [2.45, 2.75) is 58.5 Å². The van der Waals surface area contributed by atoms with Crippen LogP contribution in [0.5, 0.6) is 0 Å². The lowest BCUT2D eigenvalue weighted by Gasteiger charge is -2.50. The first kappa shape index (κ1) is 16.8. The Hall–Kier alpha value is -0.550. The van der Waals surface area contributed by atoms with Gasteiger partial charge in [-0.2, -0.15) is 0 Å². The largest absolute Gasteiger partial charge is 0.299 e. The molecule has 2 fully saturated rings. The third-order valence-corrected chi connectivity index (χ3v) is 5.00. The average molecular weight is 302 g/mol. The van der Waals surface area contributed by atoms with Crippen LogP contribution in [0, 0.1) is 11.8 Å². The second kappa shape index (κ2) is 6.29. The average Bonchev–Trinajstić information content (AvgIpc) is 2.29. The molecule has 0 aliphatic carbocycles. The molecule has 0 aromatic heterocycles. The fourth-order valence-corrected chi connectivity index (χ4v) is 3.19. The van der Waals surface area contributed by atoms with E-state index in [2.05, 4.69) is 18.7 Å². The van der Waals surface area contributed by atoms with Gasteiger partial charge in [0.05, 0.1) is 6.54 Å². The summed E-state index contributed by atoms with van der Waals surface area (Å²) >= 11 is 0. The van der Waals surface area contributed by atoms with Crippen LogP contribution in [0.15, 0.2) is 0 Å². The van der Waals surface area contributed by atoms with E-state index in [1.54, 1.807) is 13.8 Å². The van der Waals surface area contributed by atoms with Gasteiger partial charge < -0.3 is 0 Å². The molecule has 2 rings (SSSR count). The van der Waals surface area contributed by atoms with Gasteiger partial charge in [0.15, 0.2) is 0 Å². The Morgan fingerprint density at radius 1 is 1.24 bits per heavy atom. The molecule has 1 atom stereocenters. The van der Waals surface area contributed by atoms with Gasteiger partial charge >= 0.3 is 0 Å². The molecule has 2 aliphatic heterocycles. The Kier molecular flexibility index (Phi) is 5.03. The van der Waals surface area contributed by atoms with Gasteiger partial charge in [-0.15, -0.1) is 0 Å². The minimum atomic E-state index is -2.74. The molecule has 0 radical (unpaired) electrons. The molecule has 0 saturated carbocycles. The molecule has 2 saturated heterocycles. The zero-order valence-electron chi connectivity index (χ0n) is 13.6. The highest BCUT2D eigenvalue weighted by Gasteiger charge is 2.48. The van der Waals surface area contributed by atoms with Crippen LogP contribution in [-0.4, -0.2) is 59.8 Å². The molecule has 0 N–H and O–H groups in total. The lowest BCUT2D eigenvalue weighted by molar-refractivity contribution is -0.147. The van der Waals surface area contributed by atoms with Gasteiger partial charge in [-0.25, -0.2) is 8.78 Å². The summed E-state index contributed by atoms with van der Waals surface area (Å²) in [7, 11) is 0. The normalized spacial score (nSPS) is 28.1. The van der Waals surface area contributed by atoms with Crippen LogP contribution in [0.3, 0.4) is 0 Å². The molecule has 0 spiro atoms. The number of Topliss-reactive ketones (excluding diaryl/α,β-unsaturated/α-hetero) is 1. The van der Waals surface area contributed by atoms with Crippen molar-refractivity contribution in [1.82, 2.24) is 9.80 Å². The standard InChI is InChI=1S/C16H28F2N2O/c1-11(2)15(21)7-13-5-6-19(10-16(13,17)18)14-8-20(9-14)12(3)4/h11-14H,5-10H2,1-4H3. The SMILES string of the molecule is CC(C)C(=O)CC1CCN(C2CN(C(C)C)C2)CC1(F)F. The number of likely N-dealkylation sites (tertiary alicyclic amines) is 2. The van der Waals surface area contributed by atoms with Crippen LogP contribution in [-0.2, 0) is 4.79 Å². The minimum absolute atomic E-state index is 0.0291. The third-order valence-electron chi connectivity index (χ3n) is 5.00. The highest BCUT2D eigenvalue weighted by molar-refractivity contribution is 5.80. The van der Waals surface area contributed by atoms with Crippen molar-refractivity contribution in [3.05, 3.63) is 0 Å². The number of hydrogen-bond acceptors (Lipinski definition) is 3. The number of hydrogen-bond donors (Lipinski definition) is 0. The van der Waals surface area contributed by atoms with E-state index < -0.39 is 11.8 Å². The molecular formula is C16H28F2N2O. The van der Waals surface area contributed by atoms with E-state index in [4.69, 9.17) is 0 Å². The van der Waals surface area contributed by atoms with Crippen molar-refractivity contribution in [1.29, 1.82) is 0 Å². The molecule has 21 heavy (non-hydrogen) atoms. The number of nitrogens with zero attached hydrogens (tertiary/aromatic N) is 2. The van der Waals surface area contributed by atoms with Crippen molar-refractivity contribution < 1.29 is 13.6 Å². The molecule has 0 amide bonds. The van der Waals surface area contributed by atoms with Gasteiger partial charge in [0.1, 0.15) is 5.78 Å². The Morgan fingerprint density at radius 3 is 2.33 bits per heavy atom. The molecule has 2 heterocycles. The Morgan fingerprint density at radius 2 is 1.86 bits per heavy atom. The number of rotatable bonds is 5. The van der Waals surface area contributed by atoms with Crippen LogP contribution in [0.1, 0.15) is 40.5 Å². The number of alkyl halides is 2. The molecule has 122 valence electrons. The summed E-state index contributed by atoms with van der Waals surface area (Å²) in [6.45, 7) is 10.1. The molecule has 0 bridgehead atoms. The van der Waals surface area contributed by atoms with Gasteiger partial charge in [-0.3, -0.25) is 14.6 Å². The minimum Gasteiger partial charge on any atom is -0.299 e. The lowest BCUT2D eigenvalue weighted by atomic mass is 9.85. The van der Waals surface area contributed by atoms with E-state index in [-0.39, 0.29) is 30.7 Å². The van der Waals surface area contributed by atoms with Crippen LogP contribution in [0.2, 0.25) is 0 Å². The molecular weight excluding hydrogens is 274 g/mol. The van der Waals surface area contributed by atoms with Gasteiger partial charge in [0.2, 0.25) is 0 Å². The maximum atomic E-state index is 14.3. The summed E-state index contributed by atoms with van der Waals surface area (Å²) in [6.07, 6.45) is 0.463. The van der Waals surface area contributed by atoms with Crippen molar-refractivity contribution in [2.24, 2.45) is 11.8 Å². The third kappa shape index (κ3) is 3.81. The fraction of sp³-hybridized carbons (Fsp3) is 0.938. The van der Waals surface area contributed by atoms with Crippen molar-refractivity contribution in [3.63, 3.8) is 0 Å². The first-order valence-electron chi connectivity index (χ1n) is 8.09.